The maximum atomic E-state index is 14.6. The highest BCUT2D eigenvalue weighted by Gasteiger charge is 2.38. The van der Waals surface area contributed by atoms with Gasteiger partial charge in [0.15, 0.2) is 0 Å². The molecule has 0 saturated carbocycles. The molecule has 0 bridgehead atoms. The first-order chi connectivity index (χ1) is 15.0. The summed E-state index contributed by atoms with van der Waals surface area (Å²) in [5.41, 5.74) is -1.00. The first-order valence-corrected chi connectivity index (χ1v) is 11.3. The number of hydrogen-bond acceptors (Lipinski definition) is 4. The highest BCUT2D eigenvalue weighted by molar-refractivity contribution is 7.89. The highest BCUT2D eigenvalue weighted by atomic mass is 32.2. The van der Waals surface area contributed by atoms with Crippen LogP contribution in [0.1, 0.15) is 30.4 Å². The second-order valence-corrected chi connectivity index (χ2v) is 9.22. The third kappa shape index (κ3) is 5.21. The summed E-state index contributed by atoms with van der Waals surface area (Å²) in [6.45, 7) is -0.0995. The number of amides is 1. The number of sulfonamides is 1. The van der Waals surface area contributed by atoms with Gasteiger partial charge in [-0.05, 0) is 49.6 Å². The van der Waals surface area contributed by atoms with E-state index in [1.165, 1.54) is 19.2 Å². The molecule has 0 aromatic heterocycles. The van der Waals surface area contributed by atoms with Crippen LogP contribution in [0.5, 0.6) is 5.75 Å². The fraction of sp³-hybridized carbons (Fsp3) is 0.381. The molecule has 1 saturated heterocycles. The number of rotatable bonds is 6. The van der Waals surface area contributed by atoms with Crippen molar-refractivity contribution in [2.45, 2.75) is 42.9 Å². The van der Waals surface area contributed by atoms with E-state index in [0.717, 1.165) is 22.5 Å². The predicted octanol–water partition coefficient (Wildman–Crippen LogP) is 3.71. The number of carbonyl (C=O) groups is 1. The van der Waals surface area contributed by atoms with Crippen LogP contribution < -0.4 is 10.1 Å². The van der Waals surface area contributed by atoms with E-state index < -0.39 is 51.0 Å². The van der Waals surface area contributed by atoms with Crippen molar-refractivity contribution < 1.29 is 35.5 Å². The summed E-state index contributed by atoms with van der Waals surface area (Å²) >= 11 is 0. The fourth-order valence-electron chi connectivity index (χ4n) is 3.46. The Morgan fingerprint density at radius 2 is 1.81 bits per heavy atom. The zero-order valence-electron chi connectivity index (χ0n) is 17.2. The number of carbonyl (C=O) groups excluding carboxylic acids is 1. The average molecular weight is 474 g/mol. The van der Waals surface area contributed by atoms with Crippen molar-refractivity contribution >= 4 is 15.9 Å². The fourth-order valence-corrected chi connectivity index (χ4v) is 5.06. The van der Waals surface area contributed by atoms with Crippen LogP contribution in [-0.4, -0.2) is 38.3 Å². The number of nitrogens with zero attached hydrogens (tertiary/aromatic N) is 1. The van der Waals surface area contributed by atoms with Crippen molar-refractivity contribution in [2.24, 2.45) is 0 Å². The van der Waals surface area contributed by atoms with Gasteiger partial charge in [-0.1, -0.05) is 6.07 Å². The number of ether oxygens (including phenoxy) is 1. The third-order valence-electron chi connectivity index (χ3n) is 5.23. The normalized spacial score (nSPS) is 17.7. The Balaban J connectivity index is 2.03. The lowest BCUT2D eigenvalue weighted by atomic mass is 10.1. The van der Waals surface area contributed by atoms with Crippen molar-refractivity contribution in [3.63, 3.8) is 0 Å². The van der Waals surface area contributed by atoms with Crippen LogP contribution in [0.15, 0.2) is 47.4 Å². The van der Waals surface area contributed by atoms with Gasteiger partial charge in [0.25, 0.3) is 0 Å². The van der Waals surface area contributed by atoms with Gasteiger partial charge in [-0.15, -0.1) is 0 Å². The van der Waals surface area contributed by atoms with Crippen LogP contribution in [0.4, 0.5) is 17.6 Å². The summed E-state index contributed by atoms with van der Waals surface area (Å²) in [4.78, 5) is 12.2. The summed E-state index contributed by atoms with van der Waals surface area (Å²) in [6.07, 6.45) is -3.24. The van der Waals surface area contributed by atoms with Gasteiger partial charge in [0.05, 0.1) is 17.6 Å². The highest BCUT2D eigenvalue weighted by Crippen LogP contribution is 2.31. The molecule has 2 aromatic rings. The molecule has 1 heterocycles. The quantitative estimate of drug-likeness (QED) is 0.648. The molecule has 1 aliphatic heterocycles. The van der Waals surface area contributed by atoms with Crippen molar-refractivity contribution in [3.8, 4) is 5.75 Å². The topological polar surface area (TPSA) is 75.7 Å². The number of benzene rings is 2. The molecule has 0 spiro atoms. The van der Waals surface area contributed by atoms with E-state index in [2.05, 4.69) is 5.32 Å². The van der Waals surface area contributed by atoms with Crippen molar-refractivity contribution in [3.05, 3.63) is 59.4 Å². The molecule has 1 amide bonds. The number of methoxy groups -OCH3 is 1. The van der Waals surface area contributed by atoms with Gasteiger partial charge in [-0.3, -0.25) is 4.79 Å². The summed E-state index contributed by atoms with van der Waals surface area (Å²) in [6, 6.07) is 5.75. The lowest BCUT2D eigenvalue weighted by Gasteiger charge is -2.29. The van der Waals surface area contributed by atoms with Gasteiger partial charge in [0.1, 0.15) is 17.6 Å². The maximum Gasteiger partial charge on any atom is 0.416 e. The van der Waals surface area contributed by atoms with Gasteiger partial charge in [0.2, 0.25) is 15.9 Å². The van der Waals surface area contributed by atoms with Crippen molar-refractivity contribution in [1.29, 1.82) is 0 Å². The summed E-state index contributed by atoms with van der Waals surface area (Å²) in [5, 5.41) is 2.64. The van der Waals surface area contributed by atoms with Gasteiger partial charge in [-0.25, -0.2) is 12.8 Å². The van der Waals surface area contributed by atoms with E-state index in [0.29, 0.717) is 31.5 Å². The minimum absolute atomic E-state index is 0.00154. The Kier molecular flexibility index (Phi) is 7.09. The van der Waals surface area contributed by atoms with Crippen LogP contribution >= 0.6 is 0 Å². The standard InChI is InChI=1S/C21H22F4N2O4S/c1-31-16-8-5-14(18(22)12-16)13-27(19-4-2-3-11-26-20(19)28)32(29,30)17-9-6-15(7-10-17)21(23,24)25/h5-10,12,19H,2-4,11,13H2,1H3,(H,26,28)/t19-/m1/s1. The minimum Gasteiger partial charge on any atom is -0.497 e. The van der Waals surface area contributed by atoms with Gasteiger partial charge < -0.3 is 10.1 Å². The number of hydrogen-bond donors (Lipinski definition) is 1. The van der Waals surface area contributed by atoms with Crippen LogP contribution in [0.3, 0.4) is 0 Å². The van der Waals surface area contributed by atoms with Gasteiger partial charge in [0, 0.05) is 24.7 Å². The smallest absolute Gasteiger partial charge is 0.416 e. The molecule has 174 valence electrons. The number of halogens is 4. The monoisotopic (exact) mass is 474 g/mol. The van der Waals surface area contributed by atoms with E-state index >= 15 is 0 Å². The molecule has 32 heavy (non-hydrogen) atoms. The van der Waals surface area contributed by atoms with Crippen LogP contribution in [0.25, 0.3) is 0 Å². The second-order valence-electron chi connectivity index (χ2n) is 7.33. The molecule has 1 N–H and O–H groups in total. The molecule has 11 heteroatoms. The number of alkyl halides is 3. The van der Waals surface area contributed by atoms with Gasteiger partial charge >= 0.3 is 6.18 Å². The van der Waals surface area contributed by atoms with E-state index in [1.54, 1.807) is 0 Å². The van der Waals surface area contributed by atoms with Crippen LogP contribution in [0.2, 0.25) is 0 Å². The maximum absolute atomic E-state index is 14.6. The van der Waals surface area contributed by atoms with Crippen LogP contribution in [-0.2, 0) is 27.5 Å². The van der Waals surface area contributed by atoms with E-state index in [-0.39, 0.29) is 17.7 Å². The summed E-state index contributed by atoms with van der Waals surface area (Å²) < 4.78 is 85.9. The summed E-state index contributed by atoms with van der Waals surface area (Å²) in [7, 11) is -3.08. The molecule has 6 nitrogen and oxygen atoms in total. The lowest BCUT2D eigenvalue weighted by Crippen LogP contribution is -2.48. The minimum atomic E-state index is -4.63. The molecule has 0 aliphatic carbocycles. The summed E-state index contributed by atoms with van der Waals surface area (Å²) in [5.74, 6) is -1.03. The molecule has 1 atom stereocenters. The Labute approximate surface area is 183 Å². The Bertz CT molecular complexity index is 1070. The number of nitrogens with one attached hydrogen (secondary N) is 1. The van der Waals surface area contributed by atoms with E-state index in [4.69, 9.17) is 4.74 Å². The largest absolute Gasteiger partial charge is 0.497 e. The SMILES string of the molecule is COc1ccc(CN([C@@H]2CCCCNC2=O)S(=O)(=O)c2ccc(C(F)(F)F)cc2)c(F)c1. The Morgan fingerprint density at radius 1 is 1.12 bits per heavy atom. The predicted molar refractivity (Wildman–Crippen MR) is 108 cm³/mol. The molecule has 1 aliphatic rings. The van der Waals surface area contributed by atoms with Gasteiger partial charge in [-0.2, -0.15) is 17.5 Å². The Hall–Kier alpha value is -2.66. The van der Waals surface area contributed by atoms with Crippen LogP contribution in [0, 0.1) is 5.82 Å². The molecule has 2 aromatic carbocycles. The molecule has 0 radical (unpaired) electrons. The molecule has 0 unspecified atom stereocenters. The molecule has 1 fully saturated rings. The van der Waals surface area contributed by atoms with E-state index in [1.807, 2.05) is 0 Å². The third-order valence-corrected chi connectivity index (χ3v) is 7.10. The zero-order chi connectivity index (χ0) is 23.5. The van der Waals surface area contributed by atoms with E-state index in [9.17, 15) is 30.8 Å². The molecular weight excluding hydrogens is 452 g/mol. The van der Waals surface area contributed by atoms with Crippen molar-refractivity contribution in [2.75, 3.05) is 13.7 Å². The Morgan fingerprint density at radius 3 is 2.41 bits per heavy atom. The molecule has 3 rings (SSSR count). The van der Waals surface area contributed by atoms with Crippen molar-refractivity contribution in [1.82, 2.24) is 9.62 Å². The average Bonchev–Trinajstić information content (AvgIpc) is 2.96. The first-order valence-electron chi connectivity index (χ1n) is 9.83. The molecular formula is C21H22F4N2O4S. The lowest BCUT2D eigenvalue weighted by molar-refractivity contribution is -0.137. The first kappa shape index (κ1) is 24.0. The zero-order valence-corrected chi connectivity index (χ0v) is 18.0. The second kappa shape index (κ2) is 9.45.